The summed E-state index contributed by atoms with van der Waals surface area (Å²) >= 11 is 0. The molecule has 0 radical (unpaired) electrons. The zero-order valence-electron chi connectivity index (χ0n) is 16.3. The van der Waals surface area contributed by atoms with Gasteiger partial charge in [-0.05, 0) is 49.4 Å². The van der Waals surface area contributed by atoms with Gasteiger partial charge in [-0.15, -0.1) is 0 Å². The Morgan fingerprint density at radius 2 is 1.73 bits per heavy atom. The number of urea groups is 1. The number of hydrogen-bond donors (Lipinski definition) is 2. The molecule has 0 bridgehead atoms. The molecule has 4 amide bonds. The molecule has 1 aliphatic rings. The quantitative estimate of drug-likeness (QED) is 0.509. The zero-order valence-corrected chi connectivity index (χ0v) is 16.3. The molecular formula is C23H20N4O3. The number of para-hydroxylation sites is 1. The van der Waals surface area contributed by atoms with E-state index in [0.29, 0.717) is 5.69 Å². The minimum atomic E-state index is -0.622. The van der Waals surface area contributed by atoms with E-state index in [1.54, 1.807) is 18.2 Å². The first-order chi connectivity index (χ1) is 14.5. The lowest BCUT2D eigenvalue weighted by Gasteiger charge is -2.12. The maximum Gasteiger partial charge on any atom is 0.329 e. The molecule has 7 heteroatoms. The van der Waals surface area contributed by atoms with Crippen LogP contribution >= 0.6 is 0 Å². The van der Waals surface area contributed by atoms with Gasteiger partial charge in [-0.1, -0.05) is 35.9 Å². The molecule has 30 heavy (non-hydrogen) atoms. The number of rotatable bonds is 5. The van der Waals surface area contributed by atoms with E-state index in [-0.39, 0.29) is 12.2 Å². The Kier molecular flexibility index (Phi) is 5.17. The number of amides is 4. The summed E-state index contributed by atoms with van der Waals surface area (Å²) < 4.78 is 1.90. The SMILES string of the molecule is Cc1ccc(NC(=O)CN2C(=O)NC(=Cc3cccn3-c3ccccc3)C2=O)cc1. The van der Waals surface area contributed by atoms with Crippen LogP contribution < -0.4 is 10.6 Å². The molecule has 0 atom stereocenters. The van der Waals surface area contributed by atoms with Gasteiger partial charge in [0.2, 0.25) is 5.91 Å². The standard InChI is InChI=1S/C23H20N4O3/c1-16-9-11-17(12-10-16)24-21(28)15-27-22(29)20(25-23(27)30)14-19-8-5-13-26(19)18-6-3-2-4-7-18/h2-14H,15H2,1H3,(H,24,28)(H,25,30). The second-order valence-corrected chi connectivity index (χ2v) is 6.93. The van der Waals surface area contributed by atoms with Crippen molar-refractivity contribution in [3.8, 4) is 5.69 Å². The summed E-state index contributed by atoms with van der Waals surface area (Å²) in [6, 6.07) is 20.0. The molecule has 1 aliphatic heterocycles. The molecule has 150 valence electrons. The number of aryl methyl sites for hydroxylation is 1. The summed E-state index contributed by atoms with van der Waals surface area (Å²) in [5.74, 6) is -0.990. The molecule has 2 aromatic carbocycles. The third-order valence-electron chi connectivity index (χ3n) is 4.71. The van der Waals surface area contributed by atoms with Crippen LogP contribution in [0.1, 0.15) is 11.3 Å². The summed E-state index contributed by atoms with van der Waals surface area (Å²) in [6.07, 6.45) is 3.47. The van der Waals surface area contributed by atoms with Gasteiger partial charge in [0.1, 0.15) is 12.2 Å². The Morgan fingerprint density at radius 3 is 2.47 bits per heavy atom. The largest absolute Gasteiger partial charge is 0.329 e. The van der Waals surface area contributed by atoms with Crippen LogP contribution in [-0.4, -0.2) is 33.9 Å². The number of carbonyl (C=O) groups is 3. The molecule has 4 rings (SSSR count). The van der Waals surface area contributed by atoms with Gasteiger partial charge >= 0.3 is 6.03 Å². The van der Waals surface area contributed by atoms with Gasteiger partial charge in [0, 0.05) is 23.3 Å². The third kappa shape index (κ3) is 4.00. The average Bonchev–Trinajstić information content (AvgIpc) is 3.31. The van der Waals surface area contributed by atoms with E-state index in [2.05, 4.69) is 10.6 Å². The minimum absolute atomic E-state index is 0.124. The fourth-order valence-electron chi connectivity index (χ4n) is 3.18. The molecule has 2 N–H and O–H groups in total. The summed E-state index contributed by atoms with van der Waals surface area (Å²) in [4.78, 5) is 38.2. The van der Waals surface area contributed by atoms with Gasteiger partial charge < -0.3 is 15.2 Å². The summed E-state index contributed by atoms with van der Waals surface area (Å²) in [7, 11) is 0. The number of imide groups is 1. The number of hydrogen-bond acceptors (Lipinski definition) is 3. The van der Waals surface area contributed by atoms with Gasteiger partial charge in [-0.2, -0.15) is 0 Å². The molecule has 7 nitrogen and oxygen atoms in total. The maximum atomic E-state index is 12.7. The molecule has 1 aromatic heterocycles. The molecule has 2 heterocycles. The lowest BCUT2D eigenvalue weighted by molar-refractivity contribution is -0.127. The molecular weight excluding hydrogens is 380 g/mol. The molecule has 0 aliphatic carbocycles. The highest BCUT2D eigenvalue weighted by atomic mass is 16.2. The first kappa shape index (κ1) is 19.2. The zero-order chi connectivity index (χ0) is 21.1. The van der Waals surface area contributed by atoms with E-state index in [1.165, 1.54) is 0 Å². The number of nitrogens with zero attached hydrogens (tertiary/aromatic N) is 2. The Balaban J connectivity index is 1.49. The molecule has 0 unspecified atom stereocenters. The van der Waals surface area contributed by atoms with Gasteiger partial charge in [-0.3, -0.25) is 9.59 Å². The highest BCUT2D eigenvalue weighted by Gasteiger charge is 2.35. The molecule has 1 saturated heterocycles. The van der Waals surface area contributed by atoms with E-state index in [1.807, 2.05) is 72.3 Å². The Morgan fingerprint density at radius 1 is 1.00 bits per heavy atom. The van der Waals surface area contributed by atoms with E-state index >= 15 is 0 Å². The predicted octanol–water partition coefficient (Wildman–Crippen LogP) is 3.32. The van der Waals surface area contributed by atoms with Gasteiger partial charge in [-0.25, -0.2) is 9.69 Å². The summed E-state index contributed by atoms with van der Waals surface area (Å²) in [5.41, 5.74) is 3.46. The smallest absolute Gasteiger partial charge is 0.325 e. The first-order valence-electron chi connectivity index (χ1n) is 9.45. The number of aromatic nitrogens is 1. The Bertz CT molecular complexity index is 1130. The lowest BCUT2D eigenvalue weighted by Crippen LogP contribution is -2.38. The lowest BCUT2D eigenvalue weighted by atomic mass is 10.2. The Hall–Kier alpha value is -4.13. The van der Waals surface area contributed by atoms with E-state index in [9.17, 15) is 14.4 Å². The van der Waals surface area contributed by atoms with Crippen molar-refractivity contribution in [1.82, 2.24) is 14.8 Å². The van der Waals surface area contributed by atoms with E-state index in [4.69, 9.17) is 0 Å². The number of anilines is 1. The monoisotopic (exact) mass is 400 g/mol. The van der Waals surface area contributed by atoms with Crippen molar-refractivity contribution in [2.45, 2.75) is 6.92 Å². The molecule has 3 aromatic rings. The van der Waals surface area contributed by atoms with Crippen LogP contribution in [0, 0.1) is 6.92 Å². The molecule has 0 saturated carbocycles. The van der Waals surface area contributed by atoms with Crippen molar-refractivity contribution < 1.29 is 14.4 Å². The first-order valence-corrected chi connectivity index (χ1v) is 9.45. The van der Waals surface area contributed by atoms with Crippen LogP contribution in [0.5, 0.6) is 0 Å². The highest BCUT2D eigenvalue weighted by molar-refractivity contribution is 6.15. The van der Waals surface area contributed by atoms with Crippen LogP contribution in [0.25, 0.3) is 11.8 Å². The van der Waals surface area contributed by atoms with Crippen LogP contribution in [0.2, 0.25) is 0 Å². The van der Waals surface area contributed by atoms with E-state index < -0.39 is 17.8 Å². The number of nitrogens with one attached hydrogen (secondary N) is 2. The average molecular weight is 400 g/mol. The van der Waals surface area contributed by atoms with E-state index in [0.717, 1.165) is 21.8 Å². The Labute approximate surface area is 173 Å². The highest BCUT2D eigenvalue weighted by Crippen LogP contribution is 2.18. The second kappa shape index (κ2) is 8.08. The van der Waals surface area contributed by atoms with Crippen molar-refractivity contribution in [3.63, 3.8) is 0 Å². The number of benzene rings is 2. The maximum absolute atomic E-state index is 12.7. The van der Waals surface area contributed by atoms with Crippen LogP contribution in [0.3, 0.4) is 0 Å². The number of carbonyl (C=O) groups excluding carboxylic acids is 3. The van der Waals surface area contributed by atoms with Crippen molar-refractivity contribution in [3.05, 3.63) is 89.9 Å². The van der Waals surface area contributed by atoms with Crippen molar-refractivity contribution in [2.75, 3.05) is 11.9 Å². The normalized spacial score (nSPS) is 14.8. The van der Waals surface area contributed by atoms with Crippen LogP contribution in [0.4, 0.5) is 10.5 Å². The fraction of sp³-hybridized carbons (Fsp3) is 0.0870. The van der Waals surface area contributed by atoms with Gasteiger partial charge in [0.25, 0.3) is 5.91 Å². The van der Waals surface area contributed by atoms with Crippen molar-refractivity contribution in [1.29, 1.82) is 0 Å². The third-order valence-corrected chi connectivity index (χ3v) is 4.71. The second-order valence-electron chi connectivity index (χ2n) is 6.93. The topological polar surface area (TPSA) is 83.4 Å². The van der Waals surface area contributed by atoms with Crippen LogP contribution in [-0.2, 0) is 9.59 Å². The van der Waals surface area contributed by atoms with Crippen LogP contribution in [0.15, 0.2) is 78.6 Å². The van der Waals surface area contributed by atoms with Gasteiger partial charge in [0.05, 0.1) is 0 Å². The van der Waals surface area contributed by atoms with Crippen molar-refractivity contribution >= 4 is 29.6 Å². The molecule has 1 fully saturated rings. The fourth-order valence-corrected chi connectivity index (χ4v) is 3.18. The summed E-state index contributed by atoms with van der Waals surface area (Å²) in [6.45, 7) is 1.58. The predicted molar refractivity (Wildman–Crippen MR) is 114 cm³/mol. The molecule has 0 spiro atoms. The minimum Gasteiger partial charge on any atom is -0.325 e. The van der Waals surface area contributed by atoms with Crippen molar-refractivity contribution in [2.24, 2.45) is 0 Å². The summed E-state index contributed by atoms with van der Waals surface area (Å²) in [5, 5.41) is 5.24. The van der Waals surface area contributed by atoms with Gasteiger partial charge in [0.15, 0.2) is 0 Å².